The molecule has 0 aliphatic rings. The molecule has 18 heavy (non-hydrogen) atoms. The predicted octanol–water partition coefficient (Wildman–Crippen LogP) is 3.11. The normalized spacial score (nSPS) is 9.78. The van der Waals surface area contributed by atoms with Crippen LogP contribution in [-0.4, -0.2) is 18.5 Å². The minimum atomic E-state index is 0.461. The summed E-state index contributed by atoms with van der Waals surface area (Å²) in [6.45, 7) is 0.530. The van der Waals surface area contributed by atoms with E-state index in [2.05, 4.69) is 4.99 Å². The van der Waals surface area contributed by atoms with Gasteiger partial charge in [0.25, 0.3) is 0 Å². The van der Waals surface area contributed by atoms with Crippen molar-refractivity contribution < 1.29 is 4.79 Å². The van der Waals surface area contributed by atoms with E-state index in [9.17, 15) is 4.79 Å². The highest BCUT2D eigenvalue weighted by molar-refractivity contribution is 6.12. The summed E-state index contributed by atoms with van der Waals surface area (Å²) in [4.78, 5) is 14.9. The van der Waals surface area contributed by atoms with Gasteiger partial charge in [0.05, 0.1) is 5.71 Å². The Balaban J connectivity index is 2.35. The van der Waals surface area contributed by atoms with Gasteiger partial charge >= 0.3 is 0 Å². The Bertz CT molecular complexity index is 476. The van der Waals surface area contributed by atoms with Crippen LogP contribution in [0.25, 0.3) is 0 Å². The third kappa shape index (κ3) is 3.14. The minimum absolute atomic E-state index is 0.461. The Morgan fingerprint density at radius 3 is 1.83 bits per heavy atom. The molecule has 2 heteroatoms. The summed E-state index contributed by atoms with van der Waals surface area (Å²) < 4.78 is 0. The van der Waals surface area contributed by atoms with E-state index >= 15 is 0 Å². The van der Waals surface area contributed by atoms with Crippen LogP contribution in [0.2, 0.25) is 0 Å². The maximum absolute atomic E-state index is 10.4. The molecule has 0 atom stereocenters. The molecule has 90 valence electrons. The van der Waals surface area contributed by atoms with Crippen LogP contribution in [-0.2, 0) is 4.79 Å². The molecule has 0 fully saturated rings. The van der Waals surface area contributed by atoms with E-state index in [1.54, 1.807) is 0 Å². The first-order chi connectivity index (χ1) is 8.92. The summed E-state index contributed by atoms with van der Waals surface area (Å²) in [7, 11) is 0. The first kappa shape index (κ1) is 12.2. The van der Waals surface area contributed by atoms with Crippen molar-refractivity contribution in [2.75, 3.05) is 6.54 Å². The Hall–Kier alpha value is -2.22. The second-order valence-electron chi connectivity index (χ2n) is 3.92. The third-order valence-corrected chi connectivity index (χ3v) is 2.61. The highest BCUT2D eigenvalue weighted by Gasteiger charge is 2.05. The second-order valence-corrected chi connectivity index (χ2v) is 3.92. The van der Waals surface area contributed by atoms with Gasteiger partial charge < -0.3 is 4.79 Å². The van der Waals surface area contributed by atoms with Crippen LogP contribution in [0.15, 0.2) is 65.7 Å². The molecule has 0 unspecified atom stereocenters. The topological polar surface area (TPSA) is 29.4 Å². The van der Waals surface area contributed by atoms with Crippen LogP contribution in [0.3, 0.4) is 0 Å². The maximum atomic E-state index is 10.4. The van der Waals surface area contributed by atoms with E-state index in [1.807, 2.05) is 60.7 Å². The molecule has 2 aromatic carbocycles. The summed E-state index contributed by atoms with van der Waals surface area (Å²) in [5.74, 6) is 0. The molecule has 0 spiro atoms. The Morgan fingerprint density at radius 2 is 1.39 bits per heavy atom. The quantitative estimate of drug-likeness (QED) is 0.446. The van der Waals surface area contributed by atoms with Crippen LogP contribution in [0.4, 0.5) is 0 Å². The van der Waals surface area contributed by atoms with Crippen molar-refractivity contribution in [1.82, 2.24) is 0 Å². The van der Waals surface area contributed by atoms with Crippen LogP contribution >= 0.6 is 0 Å². The highest BCUT2D eigenvalue weighted by Crippen LogP contribution is 2.10. The zero-order chi connectivity index (χ0) is 12.6. The number of aliphatic imine (C=N–C) groups is 1. The zero-order valence-corrected chi connectivity index (χ0v) is 10.1. The first-order valence-electron chi connectivity index (χ1n) is 6.01. The molecule has 0 aromatic heterocycles. The fourth-order valence-corrected chi connectivity index (χ4v) is 1.77. The van der Waals surface area contributed by atoms with Gasteiger partial charge in [-0.2, -0.15) is 0 Å². The molecule has 0 aliphatic heterocycles. The molecule has 2 nitrogen and oxygen atoms in total. The van der Waals surface area contributed by atoms with E-state index in [1.165, 1.54) is 0 Å². The Labute approximate surface area is 107 Å². The number of benzene rings is 2. The average Bonchev–Trinajstić information content (AvgIpc) is 2.46. The van der Waals surface area contributed by atoms with E-state index in [0.29, 0.717) is 13.0 Å². The van der Waals surface area contributed by atoms with Crippen molar-refractivity contribution in [2.45, 2.75) is 6.42 Å². The van der Waals surface area contributed by atoms with Crippen LogP contribution < -0.4 is 0 Å². The highest BCUT2D eigenvalue weighted by atomic mass is 16.1. The van der Waals surface area contributed by atoms with Crippen molar-refractivity contribution in [2.24, 2.45) is 4.99 Å². The van der Waals surface area contributed by atoms with Crippen LogP contribution in [0.1, 0.15) is 17.5 Å². The summed E-state index contributed by atoms with van der Waals surface area (Å²) in [5.41, 5.74) is 3.10. The standard InChI is InChI=1S/C16H15NO/c18-13-7-12-17-16(14-8-3-1-4-9-14)15-10-5-2-6-11-15/h1-6,8-11,13H,7,12H2. The lowest BCUT2D eigenvalue weighted by Crippen LogP contribution is -2.04. The largest absolute Gasteiger partial charge is 0.303 e. The molecular weight excluding hydrogens is 222 g/mol. The van der Waals surface area contributed by atoms with E-state index in [4.69, 9.17) is 0 Å². The molecule has 0 saturated heterocycles. The minimum Gasteiger partial charge on any atom is -0.303 e. The van der Waals surface area contributed by atoms with E-state index in [-0.39, 0.29) is 0 Å². The van der Waals surface area contributed by atoms with Gasteiger partial charge in [-0.15, -0.1) is 0 Å². The third-order valence-electron chi connectivity index (χ3n) is 2.61. The molecule has 0 saturated carbocycles. The van der Waals surface area contributed by atoms with Crippen molar-refractivity contribution >= 4 is 12.0 Å². The fraction of sp³-hybridized carbons (Fsp3) is 0.125. The van der Waals surface area contributed by atoms with Crippen molar-refractivity contribution in [3.63, 3.8) is 0 Å². The summed E-state index contributed by atoms with van der Waals surface area (Å²) in [5, 5.41) is 0. The average molecular weight is 237 g/mol. The van der Waals surface area contributed by atoms with Gasteiger partial charge in [0, 0.05) is 24.1 Å². The lowest BCUT2D eigenvalue weighted by atomic mass is 10.0. The van der Waals surface area contributed by atoms with Gasteiger partial charge in [0.1, 0.15) is 6.29 Å². The fourth-order valence-electron chi connectivity index (χ4n) is 1.77. The molecule has 0 aliphatic carbocycles. The Morgan fingerprint density at radius 1 is 0.889 bits per heavy atom. The second kappa shape index (κ2) is 6.50. The van der Waals surface area contributed by atoms with Gasteiger partial charge in [-0.25, -0.2) is 0 Å². The smallest absolute Gasteiger partial charge is 0.121 e. The monoisotopic (exact) mass is 237 g/mol. The van der Waals surface area contributed by atoms with Gasteiger partial charge in [-0.1, -0.05) is 60.7 Å². The molecular formula is C16H15NO. The molecule has 0 amide bonds. The maximum Gasteiger partial charge on any atom is 0.121 e. The molecule has 2 aromatic rings. The number of rotatable bonds is 5. The number of hydrogen-bond acceptors (Lipinski definition) is 2. The summed E-state index contributed by atoms with van der Waals surface area (Å²) in [6.07, 6.45) is 1.36. The first-order valence-corrected chi connectivity index (χ1v) is 6.01. The number of carbonyl (C=O) groups is 1. The molecule has 0 radical (unpaired) electrons. The van der Waals surface area contributed by atoms with Gasteiger partial charge in [-0.05, 0) is 0 Å². The molecule has 2 rings (SSSR count). The lowest BCUT2D eigenvalue weighted by Gasteiger charge is -2.06. The number of hydrogen-bond donors (Lipinski definition) is 0. The summed E-state index contributed by atoms with van der Waals surface area (Å²) >= 11 is 0. The lowest BCUT2D eigenvalue weighted by molar-refractivity contribution is -0.107. The van der Waals surface area contributed by atoms with Crippen molar-refractivity contribution in [1.29, 1.82) is 0 Å². The number of nitrogens with zero attached hydrogens (tertiary/aromatic N) is 1. The van der Waals surface area contributed by atoms with E-state index in [0.717, 1.165) is 23.1 Å². The van der Waals surface area contributed by atoms with Gasteiger partial charge in [0.2, 0.25) is 0 Å². The molecule has 0 bridgehead atoms. The Kier molecular flexibility index (Phi) is 4.42. The van der Waals surface area contributed by atoms with Crippen molar-refractivity contribution in [3.8, 4) is 0 Å². The zero-order valence-electron chi connectivity index (χ0n) is 10.1. The van der Waals surface area contributed by atoms with Crippen molar-refractivity contribution in [3.05, 3.63) is 71.8 Å². The molecule has 0 N–H and O–H groups in total. The molecule has 0 heterocycles. The van der Waals surface area contributed by atoms with Crippen LogP contribution in [0, 0.1) is 0 Å². The number of aldehydes is 1. The van der Waals surface area contributed by atoms with E-state index < -0.39 is 0 Å². The van der Waals surface area contributed by atoms with Crippen LogP contribution in [0.5, 0.6) is 0 Å². The SMILES string of the molecule is O=CCCN=C(c1ccccc1)c1ccccc1. The predicted molar refractivity (Wildman–Crippen MR) is 74.1 cm³/mol. The van der Waals surface area contributed by atoms with Gasteiger partial charge in [0.15, 0.2) is 0 Å². The number of carbonyl (C=O) groups excluding carboxylic acids is 1. The summed E-state index contributed by atoms with van der Waals surface area (Å²) in [6, 6.07) is 20.1. The van der Waals surface area contributed by atoms with Gasteiger partial charge in [-0.3, -0.25) is 4.99 Å².